The van der Waals surface area contributed by atoms with E-state index >= 15 is 0 Å². The van der Waals surface area contributed by atoms with Crippen LogP contribution in [-0.4, -0.2) is 67.7 Å². The van der Waals surface area contributed by atoms with E-state index in [1.54, 1.807) is 38.1 Å². The van der Waals surface area contributed by atoms with E-state index in [1.807, 2.05) is 0 Å². The van der Waals surface area contributed by atoms with Crippen LogP contribution in [0.2, 0.25) is 0 Å². The van der Waals surface area contributed by atoms with E-state index in [-0.39, 0.29) is 22.3 Å². The molecule has 0 bridgehead atoms. The maximum Gasteiger partial charge on any atom is 0.337 e. The van der Waals surface area contributed by atoms with Crippen molar-refractivity contribution in [2.45, 2.75) is 46.3 Å². The normalized spacial score (nSPS) is 30.7. The maximum absolute atomic E-state index is 14.7. The molecule has 230 valence electrons. The number of ketones is 3. The summed E-state index contributed by atoms with van der Waals surface area (Å²) in [5, 5.41) is 58.7. The van der Waals surface area contributed by atoms with Gasteiger partial charge in [0.05, 0.1) is 35.3 Å². The number of hydrogen-bond acceptors (Lipinski definition) is 10. The third kappa shape index (κ3) is 3.67. The van der Waals surface area contributed by atoms with E-state index in [0.29, 0.717) is 5.56 Å². The highest BCUT2D eigenvalue weighted by Gasteiger charge is 2.76. The lowest BCUT2D eigenvalue weighted by Gasteiger charge is -2.62. The number of rotatable bonds is 4. The average molecular weight is 603 g/mol. The Morgan fingerprint density at radius 2 is 1.61 bits per heavy atom. The molecule has 2 aromatic carbocycles. The van der Waals surface area contributed by atoms with Gasteiger partial charge in [-0.15, -0.1) is 0 Å². The number of phenolic OH excluding ortho intramolecular Hbond substituents is 1. The molecule has 10 nitrogen and oxygen atoms in total. The third-order valence-electron chi connectivity index (χ3n) is 9.75. The predicted octanol–water partition coefficient (Wildman–Crippen LogP) is 3.95. The molecule has 1 fully saturated rings. The van der Waals surface area contributed by atoms with Crippen molar-refractivity contribution < 1.29 is 49.4 Å². The molecule has 2 aromatic rings. The highest BCUT2D eigenvalue weighted by molar-refractivity contribution is 6.25. The Kier molecular flexibility index (Phi) is 7.02. The number of Topliss-reactive ketones (excluding diaryl/α,β-unsaturated/α-hetero) is 3. The summed E-state index contributed by atoms with van der Waals surface area (Å²) < 4.78 is 4.77. The van der Waals surface area contributed by atoms with Crippen LogP contribution in [0.25, 0.3) is 17.4 Å². The van der Waals surface area contributed by atoms with Crippen molar-refractivity contribution in [3.05, 3.63) is 81.6 Å². The summed E-state index contributed by atoms with van der Waals surface area (Å²) in [7, 11) is 1.25. The van der Waals surface area contributed by atoms with Gasteiger partial charge in [-0.1, -0.05) is 51.1 Å². The Morgan fingerprint density at radius 3 is 2.16 bits per heavy atom. The Hall–Kier alpha value is -4.54. The molecule has 44 heavy (non-hydrogen) atoms. The number of hydrogen-bond donors (Lipinski definition) is 5. The number of fused-ring (bicyclic) bond motifs is 3. The van der Waals surface area contributed by atoms with Crippen molar-refractivity contribution >= 4 is 40.7 Å². The lowest BCUT2D eigenvalue weighted by Crippen LogP contribution is -2.75. The van der Waals surface area contributed by atoms with Gasteiger partial charge in [0.15, 0.2) is 17.2 Å². The fourth-order valence-electron chi connectivity index (χ4n) is 7.70. The second kappa shape index (κ2) is 10.0. The van der Waals surface area contributed by atoms with Crippen molar-refractivity contribution in [1.29, 1.82) is 0 Å². The second-order valence-corrected chi connectivity index (χ2v) is 12.4. The maximum atomic E-state index is 14.7. The summed E-state index contributed by atoms with van der Waals surface area (Å²) in [5.74, 6) is -7.71. The van der Waals surface area contributed by atoms with E-state index in [2.05, 4.69) is 0 Å². The van der Waals surface area contributed by atoms with Gasteiger partial charge in [0, 0.05) is 11.3 Å². The Balaban J connectivity index is 1.90. The molecule has 0 amide bonds. The SMILES string of the molecule is COC(=O)c1ccc(/C=C2\c3cccc(O)c3C(O)=C3C(=O)[C@@]4(O)C(O)=C(C(C)=O)C(=O)C(C(C)C)[C@@]4(C)[C@H](O)[C@]32C)cc1. The predicted molar refractivity (Wildman–Crippen MR) is 159 cm³/mol. The number of methoxy groups -OCH3 is 1. The first-order valence-electron chi connectivity index (χ1n) is 14.1. The number of carbonyl (C=O) groups excluding carboxylic acids is 4. The van der Waals surface area contributed by atoms with Crippen LogP contribution in [0.3, 0.4) is 0 Å². The second-order valence-electron chi connectivity index (χ2n) is 12.4. The lowest BCUT2D eigenvalue weighted by molar-refractivity contribution is -0.207. The fourth-order valence-corrected chi connectivity index (χ4v) is 7.70. The van der Waals surface area contributed by atoms with Gasteiger partial charge in [0.25, 0.3) is 0 Å². The monoisotopic (exact) mass is 602 g/mol. The molecule has 3 aliphatic carbocycles. The van der Waals surface area contributed by atoms with Gasteiger partial charge in [-0.05, 0) is 54.7 Å². The Morgan fingerprint density at radius 1 is 1.00 bits per heavy atom. The van der Waals surface area contributed by atoms with Crippen LogP contribution in [0.4, 0.5) is 0 Å². The van der Waals surface area contributed by atoms with Crippen LogP contribution in [0.5, 0.6) is 5.75 Å². The summed E-state index contributed by atoms with van der Waals surface area (Å²) in [6.07, 6.45) is -0.209. The van der Waals surface area contributed by atoms with Crippen LogP contribution in [-0.2, 0) is 19.1 Å². The van der Waals surface area contributed by atoms with E-state index in [1.165, 1.54) is 45.2 Å². The molecule has 0 spiro atoms. The first-order valence-corrected chi connectivity index (χ1v) is 14.1. The van der Waals surface area contributed by atoms with E-state index in [9.17, 15) is 44.7 Å². The molecule has 1 saturated carbocycles. The third-order valence-corrected chi connectivity index (χ3v) is 9.75. The summed E-state index contributed by atoms with van der Waals surface area (Å²) >= 11 is 0. The quantitative estimate of drug-likeness (QED) is 0.254. The van der Waals surface area contributed by atoms with Gasteiger partial charge >= 0.3 is 5.97 Å². The number of aliphatic hydroxyl groups excluding tert-OH is 3. The highest BCUT2D eigenvalue weighted by Crippen LogP contribution is 2.67. The number of aromatic hydroxyl groups is 1. The van der Waals surface area contributed by atoms with E-state index in [0.717, 1.165) is 6.92 Å². The molecule has 5 atom stereocenters. The first-order chi connectivity index (χ1) is 20.5. The number of benzene rings is 2. The minimum Gasteiger partial charge on any atom is -0.508 e. The van der Waals surface area contributed by atoms with Gasteiger partial charge < -0.3 is 30.3 Å². The van der Waals surface area contributed by atoms with Crippen LogP contribution < -0.4 is 0 Å². The molecular weight excluding hydrogens is 568 g/mol. The molecule has 0 aromatic heterocycles. The molecule has 1 unspecified atom stereocenters. The fraction of sp³-hybridized carbons (Fsp3) is 0.353. The topological polar surface area (TPSA) is 179 Å². The number of carbonyl (C=O) groups is 4. The van der Waals surface area contributed by atoms with Crippen molar-refractivity contribution in [1.82, 2.24) is 0 Å². The number of allylic oxidation sites excluding steroid dienone is 1. The van der Waals surface area contributed by atoms with Gasteiger partial charge in [-0.2, -0.15) is 0 Å². The minimum atomic E-state index is -2.99. The van der Waals surface area contributed by atoms with Crippen LogP contribution in [0, 0.1) is 22.7 Å². The summed E-state index contributed by atoms with van der Waals surface area (Å²) in [4.78, 5) is 53.1. The molecule has 0 radical (unpaired) electrons. The number of ether oxygens (including phenoxy) is 1. The van der Waals surface area contributed by atoms with Crippen molar-refractivity contribution in [2.75, 3.05) is 7.11 Å². The zero-order valence-corrected chi connectivity index (χ0v) is 25.1. The number of aliphatic hydroxyl groups is 4. The van der Waals surface area contributed by atoms with E-state index < -0.39 is 86.1 Å². The van der Waals surface area contributed by atoms with E-state index in [4.69, 9.17) is 4.74 Å². The summed E-state index contributed by atoms with van der Waals surface area (Å²) in [5.41, 5.74) is -7.02. The molecule has 0 heterocycles. The van der Waals surface area contributed by atoms with Gasteiger partial charge in [-0.25, -0.2) is 4.79 Å². The van der Waals surface area contributed by atoms with Gasteiger partial charge in [-0.3, -0.25) is 14.4 Å². The lowest BCUT2D eigenvalue weighted by atomic mass is 9.41. The summed E-state index contributed by atoms with van der Waals surface area (Å²) in [6, 6.07) is 10.6. The average Bonchev–Trinajstić information content (AvgIpc) is 2.96. The standard InChI is InChI=1S/C34H34O10/c1-15(2)24-26(37)22(16(3)35)28(39)34(43)29(40)25-27(38)23-19(8-7-9-21(23)36)20(32(25,4)31(42)33(24,34)5)14-17-10-12-18(13-11-17)30(41)44-6/h7-15,24,31,36,38-39,42-43H,1-6H3/b20-14+/t24?,31-,32+,33+,34+/m1/s1. The zero-order valence-electron chi connectivity index (χ0n) is 25.1. The zero-order chi connectivity index (χ0) is 32.7. The van der Waals surface area contributed by atoms with Crippen molar-refractivity contribution in [3.8, 4) is 5.75 Å². The molecule has 0 aliphatic heterocycles. The highest BCUT2D eigenvalue weighted by atomic mass is 16.5. The molecule has 0 saturated heterocycles. The summed E-state index contributed by atoms with van der Waals surface area (Å²) in [6.45, 7) is 7.12. The Bertz CT molecular complexity index is 1740. The largest absolute Gasteiger partial charge is 0.508 e. The van der Waals surface area contributed by atoms with Crippen LogP contribution in [0.15, 0.2) is 59.4 Å². The van der Waals surface area contributed by atoms with Gasteiger partial charge in [0.2, 0.25) is 5.78 Å². The number of esters is 1. The molecule has 3 aliphatic rings. The molecule has 5 rings (SSSR count). The van der Waals surface area contributed by atoms with Crippen molar-refractivity contribution in [3.63, 3.8) is 0 Å². The first kappa shape index (κ1) is 30.9. The Labute approximate surface area is 253 Å². The molecule has 5 N–H and O–H groups in total. The van der Waals surface area contributed by atoms with Crippen LogP contribution in [0.1, 0.15) is 61.7 Å². The molecule has 10 heteroatoms. The minimum absolute atomic E-state index is 0.146. The number of phenols is 1. The van der Waals surface area contributed by atoms with Gasteiger partial charge in [0.1, 0.15) is 22.8 Å². The van der Waals surface area contributed by atoms with Crippen molar-refractivity contribution in [2.24, 2.45) is 22.7 Å². The smallest absolute Gasteiger partial charge is 0.337 e. The molecular formula is C34H34O10. The van der Waals surface area contributed by atoms with Crippen LogP contribution >= 0.6 is 0 Å².